The Bertz CT molecular complexity index is 285. The van der Waals surface area contributed by atoms with E-state index < -0.39 is 5.97 Å². The van der Waals surface area contributed by atoms with Crippen LogP contribution in [-0.4, -0.2) is 22.8 Å². The van der Waals surface area contributed by atoms with Crippen LogP contribution in [0.2, 0.25) is 0 Å². The molecule has 0 bridgehead atoms. The van der Waals surface area contributed by atoms with Crippen molar-refractivity contribution in [3.8, 4) is 0 Å². The molecule has 64 valence electrons. The molecule has 0 aliphatic heterocycles. The van der Waals surface area contributed by atoms with Crippen LogP contribution in [0.3, 0.4) is 0 Å². The van der Waals surface area contributed by atoms with Gasteiger partial charge in [0.15, 0.2) is 12.7 Å². The Morgan fingerprint density at radius 1 is 1.50 bits per heavy atom. The number of pyridine rings is 1. The Hall–Kier alpha value is -1.42. The van der Waals surface area contributed by atoms with Crippen molar-refractivity contribution in [3.63, 3.8) is 0 Å². The summed E-state index contributed by atoms with van der Waals surface area (Å²) < 4.78 is 1.49. The van der Waals surface area contributed by atoms with Crippen LogP contribution < -0.4 is 4.57 Å². The van der Waals surface area contributed by atoms with Crippen LogP contribution in [0.4, 0.5) is 0 Å². The molecule has 0 saturated carbocycles. The van der Waals surface area contributed by atoms with Gasteiger partial charge in [-0.15, -0.1) is 0 Å². The minimum absolute atomic E-state index is 0.0606. The molecular weight excluding hydrogens is 158 g/mol. The second-order valence-electron chi connectivity index (χ2n) is 2.31. The molecule has 0 radical (unpaired) electrons. The number of aromatic nitrogens is 1. The smallest absolute Gasteiger partial charge is 0.401 e. The molecule has 0 aliphatic rings. The first-order chi connectivity index (χ1) is 5.75. The molecule has 0 unspecified atom stereocenters. The maximum atomic E-state index is 10.6. The summed E-state index contributed by atoms with van der Waals surface area (Å²) in [6.45, 7) is 0.247. The first-order valence-corrected chi connectivity index (χ1v) is 3.58. The number of carboxylic acids is 1. The predicted molar refractivity (Wildman–Crippen MR) is 40.7 cm³/mol. The van der Waals surface area contributed by atoms with E-state index in [0.29, 0.717) is 6.54 Å². The van der Waals surface area contributed by atoms with Crippen molar-refractivity contribution in [2.75, 3.05) is 6.61 Å². The predicted octanol–water partition coefficient (Wildman–Crippen LogP) is -0.335. The van der Waals surface area contributed by atoms with Gasteiger partial charge in [-0.2, -0.15) is 4.57 Å². The first kappa shape index (κ1) is 8.67. The van der Waals surface area contributed by atoms with Crippen LogP contribution in [0.5, 0.6) is 0 Å². The summed E-state index contributed by atoms with van der Waals surface area (Å²) in [6, 6.07) is 4.87. The molecule has 0 spiro atoms. The van der Waals surface area contributed by atoms with Crippen LogP contribution in [0.25, 0.3) is 0 Å². The summed E-state index contributed by atoms with van der Waals surface area (Å²) in [5, 5.41) is 17.3. The molecule has 0 atom stereocenters. The zero-order valence-electron chi connectivity index (χ0n) is 6.47. The van der Waals surface area contributed by atoms with Gasteiger partial charge in [0.1, 0.15) is 6.61 Å². The first-order valence-electron chi connectivity index (χ1n) is 3.58. The van der Waals surface area contributed by atoms with E-state index in [-0.39, 0.29) is 12.3 Å². The number of rotatable bonds is 3. The molecule has 0 aromatic carbocycles. The second-order valence-corrected chi connectivity index (χ2v) is 2.31. The summed E-state index contributed by atoms with van der Waals surface area (Å²) in [6.07, 6.45) is 1.62. The van der Waals surface area contributed by atoms with Gasteiger partial charge in [0, 0.05) is 12.1 Å². The lowest BCUT2D eigenvalue weighted by Crippen LogP contribution is -2.41. The van der Waals surface area contributed by atoms with Crippen LogP contribution in [0.1, 0.15) is 10.5 Å². The van der Waals surface area contributed by atoms with Gasteiger partial charge in [-0.05, 0) is 6.07 Å². The Morgan fingerprint density at radius 3 is 2.83 bits per heavy atom. The molecule has 1 heterocycles. The molecule has 0 fully saturated rings. The van der Waals surface area contributed by atoms with E-state index in [1.165, 1.54) is 10.6 Å². The quantitative estimate of drug-likeness (QED) is 0.607. The number of aliphatic hydroxyl groups is 1. The normalized spacial score (nSPS) is 9.75. The zero-order valence-corrected chi connectivity index (χ0v) is 6.47. The maximum absolute atomic E-state index is 10.6. The van der Waals surface area contributed by atoms with E-state index >= 15 is 0 Å². The van der Waals surface area contributed by atoms with E-state index in [1.54, 1.807) is 18.3 Å². The van der Waals surface area contributed by atoms with Gasteiger partial charge in [-0.3, -0.25) is 0 Å². The van der Waals surface area contributed by atoms with Gasteiger partial charge in [0.05, 0.1) is 0 Å². The van der Waals surface area contributed by atoms with E-state index in [1.807, 2.05) is 0 Å². The van der Waals surface area contributed by atoms with Crippen molar-refractivity contribution in [3.05, 3.63) is 30.1 Å². The highest BCUT2D eigenvalue weighted by atomic mass is 16.4. The molecule has 0 aliphatic carbocycles. The zero-order chi connectivity index (χ0) is 8.97. The highest BCUT2D eigenvalue weighted by Gasteiger charge is 2.15. The highest BCUT2D eigenvalue weighted by Crippen LogP contribution is 1.90. The third-order valence-corrected chi connectivity index (χ3v) is 1.50. The van der Waals surface area contributed by atoms with Crippen LogP contribution >= 0.6 is 0 Å². The van der Waals surface area contributed by atoms with Crippen molar-refractivity contribution in [1.82, 2.24) is 0 Å². The Labute approximate surface area is 69.7 Å². The minimum atomic E-state index is -0.982. The average Bonchev–Trinajstić information content (AvgIpc) is 2.05. The number of carboxylic acid groups (broad SMARTS) is 1. The number of aliphatic hydroxyl groups excluding tert-OH is 1. The highest BCUT2D eigenvalue weighted by molar-refractivity contribution is 5.83. The van der Waals surface area contributed by atoms with E-state index in [9.17, 15) is 4.79 Å². The number of carbonyl (C=O) groups is 1. The van der Waals surface area contributed by atoms with Crippen molar-refractivity contribution >= 4 is 5.97 Å². The second kappa shape index (κ2) is 3.82. The summed E-state index contributed by atoms with van der Waals surface area (Å²) >= 11 is 0. The van der Waals surface area contributed by atoms with E-state index in [2.05, 4.69) is 0 Å². The molecule has 4 nitrogen and oxygen atoms in total. The maximum Gasteiger partial charge on any atom is 0.401 e. The fourth-order valence-corrected chi connectivity index (χ4v) is 0.973. The van der Waals surface area contributed by atoms with Crippen molar-refractivity contribution < 1.29 is 19.6 Å². The lowest BCUT2D eigenvalue weighted by Gasteiger charge is -1.96. The van der Waals surface area contributed by atoms with E-state index in [4.69, 9.17) is 10.2 Å². The molecule has 0 saturated heterocycles. The summed E-state index contributed by atoms with van der Waals surface area (Å²) in [5.74, 6) is -0.982. The molecule has 1 aromatic rings. The van der Waals surface area contributed by atoms with E-state index in [0.717, 1.165) is 0 Å². The summed E-state index contributed by atoms with van der Waals surface area (Å²) in [4.78, 5) is 10.6. The fraction of sp³-hybridized carbons (Fsp3) is 0.250. The number of hydrogen-bond donors (Lipinski definition) is 2. The third-order valence-electron chi connectivity index (χ3n) is 1.50. The monoisotopic (exact) mass is 168 g/mol. The van der Waals surface area contributed by atoms with Gasteiger partial charge < -0.3 is 10.2 Å². The van der Waals surface area contributed by atoms with Crippen LogP contribution in [0, 0.1) is 0 Å². The van der Waals surface area contributed by atoms with Gasteiger partial charge in [-0.25, -0.2) is 4.79 Å². The molecule has 1 rings (SSSR count). The molecule has 2 N–H and O–H groups in total. The Morgan fingerprint density at radius 2 is 2.25 bits per heavy atom. The Balaban J connectivity index is 3.00. The molecule has 12 heavy (non-hydrogen) atoms. The molecule has 0 amide bonds. The number of aromatic carboxylic acids is 1. The molecule has 4 heteroatoms. The molecular formula is C8H10NO3+. The van der Waals surface area contributed by atoms with Crippen molar-refractivity contribution in [2.45, 2.75) is 6.54 Å². The average molecular weight is 168 g/mol. The number of nitrogens with zero attached hydrogens (tertiary/aromatic N) is 1. The van der Waals surface area contributed by atoms with Crippen molar-refractivity contribution in [2.24, 2.45) is 0 Å². The summed E-state index contributed by atoms with van der Waals surface area (Å²) in [5.41, 5.74) is 0.187. The van der Waals surface area contributed by atoms with Crippen molar-refractivity contribution in [1.29, 1.82) is 0 Å². The number of hydrogen-bond acceptors (Lipinski definition) is 2. The van der Waals surface area contributed by atoms with Crippen LogP contribution in [-0.2, 0) is 6.54 Å². The van der Waals surface area contributed by atoms with Gasteiger partial charge in [0.25, 0.3) is 5.69 Å². The van der Waals surface area contributed by atoms with Gasteiger partial charge >= 0.3 is 5.97 Å². The lowest BCUT2D eigenvalue weighted by molar-refractivity contribution is -0.700. The molecule has 1 aromatic heterocycles. The van der Waals surface area contributed by atoms with Gasteiger partial charge in [0.2, 0.25) is 0 Å². The standard InChI is InChI=1S/C8H9NO3/c10-6-5-9-4-2-1-3-7(9)8(11)12/h1-4,10H,5-6H2/p+1. The SMILES string of the molecule is O=C(O)c1cccc[n+]1CCO. The largest absolute Gasteiger partial charge is 0.473 e. The minimum Gasteiger partial charge on any atom is -0.473 e. The lowest BCUT2D eigenvalue weighted by atomic mass is 10.3. The summed E-state index contributed by atoms with van der Waals surface area (Å²) in [7, 11) is 0. The fourth-order valence-electron chi connectivity index (χ4n) is 0.973. The van der Waals surface area contributed by atoms with Gasteiger partial charge in [-0.1, -0.05) is 0 Å². The topological polar surface area (TPSA) is 61.4 Å². The van der Waals surface area contributed by atoms with Crippen LogP contribution in [0.15, 0.2) is 24.4 Å². The third kappa shape index (κ3) is 1.79. The Kier molecular flexibility index (Phi) is 2.76.